The van der Waals surface area contributed by atoms with E-state index in [2.05, 4.69) is 26.6 Å². The Hall–Kier alpha value is -0.870. The summed E-state index contributed by atoms with van der Waals surface area (Å²) in [6, 6.07) is 8.04. The maximum absolute atomic E-state index is 12.1. The van der Waals surface area contributed by atoms with Crippen LogP contribution >= 0.6 is 15.9 Å². The molecule has 1 aliphatic rings. The lowest BCUT2D eigenvalue weighted by molar-refractivity contribution is -0.126. The Labute approximate surface area is 116 Å². The summed E-state index contributed by atoms with van der Waals surface area (Å²) in [7, 11) is 0. The lowest BCUT2D eigenvalue weighted by Gasteiger charge is -2.24. The number of amides is 1. The largest absolute Gasteiger partial charge is 0.349 e. The summed E-state index contributed by atoms with van der Waals surface area (Å²) in [5, 5.41) is 6.37. The molecule has 1 fully saturated rings. The highest BCUT2D eigenvalue weighted by Gasteiger charge is 2.22. The van der Waals surface area contributed by atoms with Crippen molar-refractivity contribution in [2.75, 3.05) is 13.1 Å². The van der Waals surface area contributed by atoms with Gasteiger partial charge in [-0.1, -0.05) is 34.1 Å². The molecular formula is C14H19BrN2O. The van der Waals surface area contributed by atoms with E-state index in [0.29, 0.717) is 0 Å². The second kappa shape index (κ2) is 6.34. The summed E-state index contributed by atoms with van der Waals surface area (Å²) >= 11 is 3.52. The van der Waals surface area contributed by atoms with Crippen LogP contribution in [0.15, 0.2) is 28.7 Å². The SMILES string of the molecule is C[C@H](NC(=O)[C@H]1CCCNC1)c1ccccc1Br. The van der Waals surface area contributed by atoms with E-state index in [1.165, 1.54) is 0 Å². The molecule has 2 N–H and O–H groups in total. The van der Waals surface area contributed by atoms with Crippen LogP contribution in [0.3, 0.4) is 0 Å². The quantitative estimate of drug-likeness (QED) is 0.901. The van der Waals surface area contributed by atoms with Gasteiger partial charge in [-0.3, -0.25) is 4.79 Å². The van der Waals surface area contributed by atoms with Crippen molar-refractivity contribution in [2.24, 2.45) is 5.92 Å². The van der Waals surface area contributed by atoms with E-state index >= 15 is 0 Å². The minimum Gasteiger partial charge on any atom is -0.349 e. The van der Waals surface area contributed by atoms with E-state index < -0.39 is 0 Å². The Balaban J connectivity index is 1.96. The number of nitrogens with one attached hydrogen (secondary N) is 2. The van der Waals surface area contributed by atoms with Crippen molar-refractivity contribution in [3.8, 4) is 0 Å². The first-order valence-corrected chi connectivity index (χ1v) is 7.23. The molecule has 0 radical (unpaired) electrons. The number of halogens is 1. The number of carbonyl (C=O) groups excluding carboxylic acids is 1. The number of benzene rings is 1. The molecule has 0 spiro atoms. The molecule has 98 valence electrons. The minimum absolute atomic E-state index is 0.0370. The van der Waals surface area contributed by atoms with Crippen LogP contribution in [0.2, 0.25) is 0 Å². The van der Waals surface area contributed by atoms with E-state index in [4.69, 9.17) is 0 Å². The van der Waals surface area contributed by atoms with E-state index in [0.717, 1.165) is 36.0 Å². The van der Waals surface area contributed by atoms with Crippen molar-refractivity contribution in [1.82, 2.24) is 10.6 Å². The molecule has 0 unspecified atom stereocenters. The van der Waals surface area contributed by atoms with Crippen molar-refractivity contribution >= 4 is 21.8 Å². The molecule has 2 atom stereocenters. The fourth-order valence-electron chi connectivity index (χ4n) is 2.31. The maximum atomic E-state index is 12.1. The summed E-state index contributed by atoms with van der Waals surface area (Å²) in [6.07, 6.45) is 2.07. The number of hydrogen-bond acceptors (Lipinski definition) is 2. The molecule has 18 heavy (non-hydrogen) atoms. The Kier molecular flexibility index (Phi) is 4.78. The van der Waals surface area contributed by atoms with Gasteiger partial charge < -0.3 is 10.6 Å². The van der Waals surface area contributed by atoms with E-state index in [-0.39, 0.29) is 17.9 Å². The van der Waals surface area contributed by atoms with Crippen molar-refractivity contribution in [3.63, 3.8) is 0 Å². The van der Waals surface area contributed by atoms with Gasteiger partial charge in [0.25, 0.3) is 0 Å². The molecule has 0 aromatic heterocycles. The average Bonchev–Trinajstić information content (AvgIpc) is 2.40. The van der Waals surface area contributed by atoms with Gasteiger partial charge in [-0.05, 0) is 37.9 Å². The van der Waals surface area contributed by atoms with E-state index in [1.54, 1.807) is 0 Å². The topological polar surface area (TPSA) is 41.1 Å². The summed E-state index contributed by atoms with van der Waals surface area (Å²) < 4.78 is 1.04. The number of piperidine rings is 1. The molecule has 1 aromatic rings. The van der Waals surface area contributed by atoms with Crippen LogP contribution in [-0.2, 0) is 4.79 Å². The van der Waals surface area contributed by atoms with Gasteiger partial charge in [0.05, 0.1) is 12.0 Å². The van der Waals surface area contributed by atoms with E-state index in [9.17, 15) is 4.79 Å². The minimum atomic E-state index is 0.0370. The van der Waals surface area contributed by atoms with Crippen molar-refractivity contribution in [3.05, 3.63) is 34.3 Å². The normalized spacial score (nSPS) is 21.3. The van der Waals surface area contributed by atoms with Gasteiger partial charge in [-0.2, -0.15) is 0 Å². The number of rotatable bonds is 3. The van der Waals surface area contributed by atoms with Crippen LogP contribution < -0.4 is 10.6 Å². The molecule has 4 heteroatoms. The van der Waals surface area contributed by atoms with Crippen LogP contribution in [0.1, 0.15) is 31.4 Å². The molecule has 1 aliphatic heterocycles. The van der Waals surface area contributed by atoms with Gasteiger partial charge >= 0.3 is 0 Å². The number of carbonyl (C=O) groups is 1. The second-order valence-electron chi connectivity index (χ2n) is 4.80. The van der Waals surface area contributed by atoms with Crippen LogP contribution in [0.4, 0.5) is 0 Å². The lowest BCUT2D eigenvalue weighted by Crippen LogP contribution is -2.41. The molecule has 0 aliphatic carbocycles. The first-order chi connectivity index (χ1) is 8.68. The third-order valence-electron chi connectivity index (χ3n) is 3.40. The zero-order valence-electron chi connectivity index (χ0n) is 10.6. The Morgan fingerprint density at radius 3 is 2.94 bits per heavy atom. The maximum Gasteiger partial charge on any atom is 0.224 e. The van der Waals surface area contributed by atoms with Crippen LogP contribution in [0.25, 0.3) is 0 Å². The smallest absolute Gasteiger partial charge is 0.224 e. The standard InChI is InChI=1S/C14H19BrN2O/c1-10(12-6-2-3-7-13(12)15)17-14(18)11-5-4-8-16-9-11/h2-3,6-7,10-11,16H,4-5,8-9H2,1H3,(H,17,18)/t10-,11-/m0/s1. The van der Waals surface area contributed by atoms with Gasteiger partial charge in [0, 0.05) is 11.0 Å². The third-order valence-corrected chi connectivity index (χ3v) is 4.12. The summed E-state index contributed by atoms with van der Waals surface area (Å²) in [4.78, 5) is 12.1. The Bertz CT molecular complexity index is 416. The Morgan fingerprint density at radius 2 is 2.28 bits per heavy atom. The lowest BCUT2D eigenvalue weighted by atomic mass is 9.98. The van der Waals surface area contributed by atoms with Crippen molar-refractivity contribution in [1.29, 1.82) is 0 Å². The molecule has 1 aromatic carbocycles. The van der Waals surface area contributed by atoms with Crippen LogP contribution in [0.5, 0.6) is 0 Å². The molecule has 1 amide bonds. The molecular weight excluding hydrogens is 292 g/mol. The van der Waals surface area contributed by atoms with Gasteiger partial charge in [0.15, 0.2) is 0 Å². The fraction of sp³-hybridized carbons (Fsp3) is 0.500. The molecule has 0 saturated carbocycles. The highest BCUT2D eigenvalue weighted by Crippen LogP contribution is 2.23. The first-order valence-electron chi connectivity index (χ1n) is 6.44. The highest BCUT2D eigenvalue weighted by atomic mass is 79.9. The van der Waals surface area contributed by atoms with Crippen molar-refractivity contribution in [2.45, 2.75) is 25.8 Å². The van der Waals surface area contributed by atoms with E-state index in [1.807, 2.05) is 31.2 Å². The fourth-order valence-corrected chi connectivity index (χ4v) is 2.94. The molecule has 1 saturated heterocycles. The summed E-state index contributed by atoms with van der Waals surface area (Å²) in [5.74, 6) is 0.272. The van der Waals surface area contributed by atoms with Crippen LogP contribution in [-0.4, -0.2) is 19.0 Å². The summed E-state index contributed by atoms with van der Waals surface area (Å²) in [5.41, 5.74) is 1.12. The zero-order valence-corrected chi connectivity index (χ0v) is 12.2. The summed E-state index contributed by atoms with van der Waals surface area (Å²) in [6.45, 7) is 3.85. The zero-order chi connectivity index (χ0) is 13.0. The Morgan fingerprint density at radius 1 is 1.50 bits per heavy atom. The average molecular weight is 311 g/mol. The molecule has 0 bridgehead atoms. The third kappa shape index (κ3) is 3.33. The molecule has 3 nitrogen and oxygen atoms in total. The second-order valence-corrected chi connectivity index (χ2v) is 5.65. The van der Waals surface area contributed by atoms with Gasteiger partial charge in [-0.15, -0.1) is 0 Å². The van der Waals surface area contributed by atoms with Gasteiger partial charge in [-0.25, -0.2) is 0 Å². The predicted molar refractivity (Wildman–Crippen MR) is 76.3 cm³/mol. The van der Waals surface area contributed by atoms with Crippen molar-refractivity contribution < 1.29 is 4.79 Å². The number of hydrogen-bond donors (Lipinski definition) is 2. The predicted octanol–water partition coefficient (Wildman–Crippen LogP) is 2.63. The highest BCUT2D eigenvalue weighted by molar-refractivity contribution is 9.10. The molecule has 1 heterocycles. The van der Waals surface area contributed by atoms with Crippen LogP contribution in [0, 0.1) is 5.92 Å². The first kappa shape index (κ1) is 13.6. The van der Waals surface area contributed by atoms with Gasteiger partial charge in [0.1, 0.15) is 0 Å². The molecule has 2 rings (SSSR count). The van der Waals surface area contributed by atoms with Gasteiger partial charge in [0.2, 0.25) is 5.91 Å². The monoisotopic (exact) mass is 310 g/mol.